The van der Waals surface area contributed by atoms with Crippen molar-refractivity contribution in [3.05, 3.63) is 52.5 Å². The number of morpholine rings is 1. The second kappa shape index (κ2) is 9.94. The molecule has 2 atom stereocenters. The van der Waals surface area contributed by atoms with Crippen LogP contribution in [0.4, 0.5) is 5.69 Å². The molecule has 6 nitrogen and oxygen atoms in total. The molecule has 0 saturated carbocycles. The maximum Gasteiger partial charge on any atom is 0.256 e. The first-order valence-corrected chi connectivity index (χ1v) is 11.3. The predicted molar refractivity (Wildman–Crippen MR) is 128 cm³/mol. The van der Waals surface area contributed by atoms with Gasteiger partial charge in [-0.25, -0.2) is 0 Å². The summed E-state index contributed by atoms with van der Waals surface area (Å²) < 4.78 is 17.3. The third-order valence-electron chi connectivity index (χ3n) is 5.63. The zero-order valence-electron chi connectivity index (χ0n) is 18.7. The van der Waals surface area contributed by atoms with Crippen LogP contribution in [-0.4, -0.2) is 56.4 Å². The monoisotopic (exact) mass is 456 g/mol. The molecule has 32 heavy (non-hydrogen) atoms. The van der Waals surface area contributed by atoms with Crippen LogP contribution in [0.3, 0.4) is 0 Å². The molecular formula is C25H29ClN2O4. The van der Waals surface area contributed by atoms with Gasteiger partial charge in [-0.05, 0) is 62.2 Å². The first-order chi connectivity index (χ1) is 15.4. The van der Waals surface area contributed by atoms with Crippen molar-refractivity contribution in [2.45, 2.75) is 32.5 Å². The lowest BCUT2D eigenvalue weighted by Crippen LogP contribution is -2.45. The summed E-state index contributed by atoms with van der Waals surface area (Å²) in [5, 5.41) is 3.46. The quantitative estimate of drug-likeness (QED) is 0.482. The molecule has 1 saturated heterocycles. The van der Waals surface area contributed by atoms with Gasteiger partial charge in [-0.1, -0.05) is 17.7 Å². The average molecular weight is 457 g/mol. The van der Waals surface area contributed by atoms with Crippen molar-refractivity contribution >= 4 is 34.8 Å². The molecule has 4 rings (SSSR count). The molecule has 1 fully saturated rings. The SMILES string of the molecule is COc1cc(/C=C2\C(=O)Nc3ccc(Cl)cc32)ccc1OCCCN1CC(C)OC(C)C1. The van der Waals surface area contributed by atoms with Crippen molar-refractivity contribution < 1.29 is 19.0 Å². The molecule has 2 aromatic carbocycles. The fourth-order valence-corrected chi connectivity index (χ4v) is 4.47. The number of carbonyl (C=O) groups excluding carboxylic acids is 1. The summed E-state index contributed by atoms with van der Waals surface area (Å²) in [4.78, 5) is 14.8. The zero-order valence-corrected chi connectivity index (χ0v) is 19.4. The van der Waals surface area contributed by atoms with Gasteiger partial charge < -0.3 is 19.5 Å². The van der Waals surface area contributed by atoms with Gasteiger partial charge in [0.2, 0.25) is 0 Å². The molecule has 0 aliphatic carbocycles. The molecule has 7 heteroatoms. The summed E-state index contributed by atoms with van der Waals surface area (Å²) in [6, 6.07) is 11.1. The van der Waals surface area contributed by atoms with Crippen LogP contribution in [0.5, 0.6) is 11.5 Å². The summed E-state index contributed by atoms with van der Waals surface area (Å²) in [5.74, 6) is 1.18. The van der Waals surface area contributed by atoms with Gasteiger partial charge in [0.1, 0.15) is 0 Å². The fourth-order valence-electron chi connectivity index (χ4n) is 4.30. The van der Waals surface area contributed by atoms with Crippen LogP contribution in [0.2, 0.25) is 5.02 Å². The maximum atomic E-state index is 12.4. The van der Waals surface area contributed by atoms with E-state index in [2.05, 4.69) is 24.1 Å². The number of methoxy groups -OCH3 is 1. The van der Waals surface area contributed by atoms with Gasteiger partial charge in [0.15, 0.2) is 11.5 Å². The summed E-state index contributed by atoms with van der Waals surface area (Å²) in [6.45, 7) is 7.72. The second-order valence-electron chi connectivity index (χ2n) is 8.33. The van der Waals surface area contributed by atoms with E-state index in [1.54, 1.807) is 19.2 Å². The highest BCUT2D eigenvalue weighted by atomic mass is 35.5. The van der Waals surface area contributed by atoms with Crippen LogP contribution < -0.4 is 14.8 Å². The highest BCUT2D eigenvalue weighted by molar-refractivity contribution is 6.36. The smallest absolute Gasteiger partial charge is 0.256 e. The largest absolute Gasteiger partial charge is 0.493 e. The summed E-state index contributed by atoms with van der Waals surface area (Å²) in [5.41, 5.74) is 2.99. The van der Waals surface area contributed by atoms with Gasteiger partial charge >= 0.3 is 0 Å². The Balaban J connectivity index is 1.40. The standard InChI is InChI=1S/C25H29ClN2O4/c1-16-14-28(15-17(2)32-16)9-4-10-31-23-8-5-18(12-24(23)30-3)11-21-20-13-19(26)6-7-22(20)27-25(21)29/h5-8,11-13,16-17H,4,9-10,14-15H2,1-3H3,(H,27,29)/b21-11-. The van der Waals surface area contributed by atoms with E-state index in [9.17, 15) is 4.79 Å². The zero-order chi connectivity index (χ0) is 22.7. The second-order valence-corrected chi connectivity index (χ2v) is 8.77. The average Bonchev–Trinajstić information content (AvgIpc) is 3.05. The number of ether oxygens (including phenoxy) is 3. The third-order valence-corrected chi connectivity index (χ3v) is 5.87. The minimum atomic E-state index is -0.145. The molecule has 2 aromatic rings. The van der Waals surface area contributed by atoms with E-state index in [0.717, 1.165) is 42.9 Å². The molecule has 2 aliphatic heterocycles. The molecular weight excluding hydrogens is 428 g/mol. The molecule has 1 amide bonds. The lowest BCUT2D eigenvalue weighted by Gasteiger charge is -2.35. The van der Waals surface area contributed by atoms with Crippen LogP contribution >= 0.6 is 11.6 Å². The van der Waals surface area contributed by atoms with Gasteiger partial charge in [-0.15, -0.1) is 0 Å². The topological polar surface area (TPSA) is 60.0 Å². The Kier molecular flexibility index (Phi) is 7.04. The van der Waals surface area contributed by atoms with Crippen LogP contribution in [0.15, 0.2) is 36.4 Å². The number of carbonyl (C=O) groups is 1. The molecule has 1 N–H and O–H groups in total. The van der Waals surface area contributed by atoms with E-state index in [4.69, 9.17) is 25.8 Å². The number of rotatable bonds is 7. The molecule has 2 heterocycles. The van der Waals surface area contributed by atoms with Gasteiger partial charge in [0, 0.05) is 41.5 Å². The van der Waals surface area contributed by atoms with Gasteiger partial charge in [-0.3, -0.25) is 9.69 Å². The highest BCUT2D eigenvalue weighted by Gasteiger charge is 2.24. The Hall–Kier alpha value is -2.54. The van der Waals surface area contributed by atoms with Crippen LogP contribution in [-0.2, 0) is 9.53 Å². The molecule has 0 bridgehead atoms. The number of fused-ring (bicyclic) bond motifs is 1. The van der Waals surface area contributed by atoms with Crippen molar-refractivity contribution in [2.75, 3.05) is 38.7 Å². The lowest BCUT2D eigenvalue weighted by molar-refractivity contribution is -0.110. The van der Waals surface area contributed by atoms with Gasteiger partial charge in [-0.2, -0.15) is 0 Å². The van der Waals surface area contributed by atoms with Crippen molar-refractivity contribution in [3.63, 3.8) is 0 Å². The Morgan fingerprint density at radius 3 is 2.69 bits per heavy atom. The molecule has 170 valence electrons. The number of anilines is 1. The first kappa shape index (κ1) is 22.6. The first-order valence-electron chi connectivity index (χ1n) is 10.9. The van der Waals surface area contributed by atoms with Crippen molar-refractivity contribution in [1.29, 1.82) is 0 Å². The van der Waals surface area contributed by atoms with Crippen LogP contribution in [0.1, 0.15) is 31.4 Å². The molecule has 0 spiro atoms. The minimum Gasteiger partial charge on any atom is -0.493 e. The summed E-state index contributed by atoms with van der Waals surface area (Å²) in [6.07, 6.45) is 3.30. The Labute approximate surface area is 194 Å². The molecule has 2 unspecified atom stereocenters. The summed E-state index contributed by atoms with van der Waals surface area (Å²) >= 11 is 6.12. The predicted octanol–water partition coefficient (Wildman–Crippen LogP) is 4.72. The van der Waals surface area contributed by atoms with Crippen molar-refractivity contribution in [1.82, 2.24) is 4.90 Å². The fraction of sp³-hybridized carbons (Fsp3) is 0.400. The van der Waals surface area contributed by atoms with Gasteiger partial charge in [0.25, 0.3) is 5.91 Å². The number of halogens is 1. The van der Waals surface area contributed by atoms with E-state index in [0.29, 0.717) is 28.7 Å². The number of nitrogens with one attached hydrogen (secondary N) is 1. The molecule has 0 aromatic heterocycles. The normalized spacial score (nSPS) is 22.0. The molecule has 0 radical (unpaired) electrons. The Morgan fingerprint density at radius 1 is 1.16 bits per heavy atom. The minimum absolute atomic E-state index is 0.145. The summed E-state index contributed by atoms with van der Waals surface area (Å²) in [7, 11) is 1.62. The molecule has 2 aliphatic rings. The van der Waals surface area contributed by atoms with Crippen molar-refractivity contribution in [2.24, 2.45) is 0 Å². The number of amides is 1. The van der Waals surface area contributed by atoms with Crippen molar-refractivity contribution in [3.8, 4) is 11.5 Å². The number of benzene rings is 2. The number of hydrogen-bond donors (Lipinski definition) is 1. The van der Waals surface area contributed by atoms with Gasteiger partial charge in [0.05, 0.1) is 25.9 Å². The van der Waals surface area contributed by atoms with Crippen LogP contribution in [0.25, 0.3) is 11.6 Å². The maximum absolute atomic E-state index is 12.4. The number of hydrogen-bond acceptors (Lipinski definition) is 5. The van der Waals surface area contributed by atoms with E-state index >= 15 is 0 Å². The van der Waals surface area contributed by atoms with E-state index in [1.165, 1.54) is 0 Å². The lowest BCUT2D eigenvalue weighted by atomic mass is 10.0. The van der Waals surface area contributed by atoms with Crippen LogP contribution in [0, 0.1) is 0 Å². The third kappa shape index (κ3) is 5.26. The Bertz CT molecular complexity index is 1010. The highest BCUT2D eigenvalue weighted by Crippen LogP contribution is 2.36. The van der Waals surface area contributed by atoms with E-state index in [1.807, 2.05) is 30.3 Å². The van der Waals surface area contributed by atoms with E-state index < -0.39 is 0 Å². The van der Waals surface area contributed by atoms with E-state index in [-0.39, 0.29) is 18.1 Å². The number of nitrogens with zero attached hydrogens (tertiary/aromatic N) is 1. The Morgan fingerprint density at radius 2 is 1.94 bits per heavy atom.